The number of hydrogen-bond acceptors (Lipinski definition) is 4. The van der Waals surface area contributed by atoms with E-state index < -0.39 is 6.04 Å². The van der Waals surface area contributed by atoms with Crippen molar-refractivity contribution in [1.29, 1.82) is 0 Å². The molecule has 0 spiro atoms. The Balaban J connectivity index is 1.36. The average molecular weight is 476 g/mol. The van der Waals surface area contributed by atoms with Crippen LogP contribution in [-0.2, 0) is 16.0 Å². The van der Waals surface area contributed by atoms with Gasteiger partial charge in [-0.1, -0.05) is 23.7 Å². The Hall–Kier alpha value is -2.84. The van der Waals surface area contributed by atoms with E-state index in [4.69, 9.17) is 4.74 Å². The van der Waals surface area contributed by atoms with E-state index in [1.165, 1.54) is 24.9 Å². The molecule has 8 heteroatoms. The molecule has 1 unspecified atom stereocenters. The minimum absolute atomic E-state index is 0.175. The summed E-state index contributed by atoms with van der Waals surface area (Å²) in [5.74, 6) is 0.699. The molecule has 0 aromatic heterocycles. The van der Waals surface area contributed by atoms with Crippen molar-refractivity contribution in [3.05, 3.63) is 53.6 Å². The molecular formula is C27H37BN4O3. The molecule has 2 fully saturated rings. The lowest BCUT2D eigenvalue weighted by molar-refractivity contribution is -0.119. The summed E-state index contributed by atoms with van der Waals surface area (Å²) < 4.78 is 5.49. The quantitative estimate of drug-likeness (QED) is 0.546. The standard InChI is InChI=1S/C27H37BN4O3/c1-18-14-23(9-6-20(18)12-13-31(2)16-19-4-5-19)29-26(33)25-15-24(35-3)17-32(25)27(34)30-22-10-7-21(28)8-11-22/h6-11,14,19,24-25H,4-5,12-13,15-17,28H2,1-3H3,(H,29,33)(H,30,34)/t24?,25-/m1/s1. The molecule has 1 aliphatic carbocycles. The zero-order valence-electron chi connectivity index (χ0n) is 21.3. The lowest BCUT2D eigenvalue weighted by Crippen LogP contribution is -2.45. The summed E-state index contributed by atoms with van der Waals surface area (Å²) in [6.45, 7) is 4.68. The van der Waals surface area contributed by atoms with Crippen LogP contribution in [-0.4, -0.2) is 75.5 Å². The van der Waals surface area contributed by atoms with Crippen molar-refractivity contribution in [2.45, 2.75) is 44.8 Å². The summed E-state index contributed by atoms with van der Waals surface area (Å²) in [7, 11) is 5.81. The third kappa shape index (κ3) is 6.86. The van der Waals surface area contributed by atoms with E-state index in [0.717, 1.165) is 35.6 Å². The number of methoxy groups -OCH3 is 1. The predicted molar refractivity (Wildman–Crippen MR) is 143 cm³/mol. The molecule has 35 heavy (non-hydrogen) atoms. The van der Waals surface area contributed by atoms with Crippen molar-refractivity contribution in [1.82, 2.24) is 9.80 Å². The lowest BCUT2D eigenvalue weighted by atomic mass is 9.96. The molecule has 1 saturated heterocycles. The molecule has 1 heterocycles. The fourth-order valence-corrected chi connectivity index (χ4v) is 4.70. The van der Waals surface area contributed by atoms with Gasteiger partial charge >= 0.3 is 6.03 Å². The molecule has 2 aromatic rings. The maximum atomic E-state index is 13.2. The molecule has 2 atom stereocenters. The zero-order valence-corrected chi connectivity index (χ0v) is 21.3. The second-order valence-electron chi connectivity index (χ2n) is 10.1. The number of likely N-dealkylation sites (N-methyl/N-ethyl adjacent to an activating group) is 1. The van der Waals surface area contributed by atoms with Crippen LogP contribution in [0.25, 0.3) is 0 Å². The normalized spacial score (nSPS) is 19.7. The van der Waals surface area contributed by atoms with E-state index in [-0.39, 0.29) is 18.0 Å². The number of anilines is 2. The Morgan fingerprint density at radius 2 is 1.83 bits per heavy atom. The largest absolute Gasteiger partial charge is 0.380 e. The van der Waals surface area contributed by atoms with Crippen LogP contribution in [0.5, 0.6) is 0 Å². The maximum Gasteiger partial charge on any atom is 0.322 e. The maximum absolute atomic E-state index is 13.2. The highest BCUT2D eigenvalue weighted by molar-refractivity contribution is 6.32. The summed E-state index contributed by atoms with van der Waals surface area (Å²) in [5, 5.41) is 5.93. The number of urea groups is 1. The van der Waals surface area contributed by atoms with Gasteiger partial charge in [0.2, 0.25) is 5.91 Å². The molecule has 1 aliphatic heterocycles. The number of benzene rings is 2. The Labute approximate surface area is 209 Å². The number of carbonyl (C=O) groups is 2. The number of aryl methyl sites for hydroxylation is 1. The average Bonchev–Trinajstić information content (AvgIpc) is 3.53. The Bertz CT molecular complexity index is 1040. The molecular weight excluding hydrogens is 439 g/mol. The first-order valence-electron chi connectivity index (χ1n) is 12.6. The van der Waals surface area contributed by atoms with Gasteiger partial charge in [0, 0.05) is 44.5 Å². The second kappa shape index (κ2) is 11.3. The smallest absolute Gasteiger partial charge is 0.322 e. The third-order valence-corrected chi connectivity index (χ3v) is 7.10. The van der Waals surface area contributed by atoms with E-state index in [1.54, 1.807) is 12.0 Å². The minimum atomic E-state index is -0.596. The fourth-order valence-electron chi connectivity index (χ4n) is 4.70. The third-order valence-electron chi connectivity index (χ3n) is 7.10. The van der Waals surface area contributed by atoms with Crippen LogP contribution in [0.3, 0.4) is 0 Å². The molecule has 1 saturated carbocycles. The zero-order chi connectivity index (χ0) is 24.9. The monoisotopic (exact) mass is 476 g/mol. The molecule has 7 nitrogen and oxygen atoms in total. The van der Waals surface area contributed by atoms with Crippen LogP contribution < -0.4 is 16.1 Å². The number of amides is 3. The topological polar surface area (TPSA) is 73.9 Å². The number of nitrogens with one attached hydrogen (secondary N) is 2. The van der Waals surface area contributed by atoms with Gasteiger partial charge in [-0.3, -0.25) is 4.79 Å². The van der Waals surface area contributed by atoms with Crippen LogP contribution in [0.1, 0.15) is 30.4 Å². The summed E-state index contributed by atoms with van der Waals surface area (Å²) in [5.41, 5.74) is 5.03. The Morgan fingerprint density at radius 3 is 2.49 bits per heavy atom. The molecule has 3 amide bonds. The van der Waals surface area contributed by atoms with E-state index in [1.807, 2.05) is 44.2 Å². The van der Waals surface area contributed by atoms with Gasteiger partial charge < -0.3 is 25.2 Å². The molecule has 0 radical (unpaired) electrons. The lowest BCUT2D eigenvalue weighted by Gasteiger charge is -2.24. The van der Waals surface area contributed by atoms with Gasteiger partial charge in [0.15, 0.2) is 0 Å². The highest BCUT2D eigenvalue weighted by atomic mass is 16.5. The van der Waals surface area contributed by atoms with Gasteiger partial charge in [0.25, 0.3) is 0 Å². The van der Waals surface area contributed by atoms with Crippen LogP contribution in [0.4, 0.5) is 16.2 Å². The Morgan fingerprint density at radius 1 is 1.11 bits per heavy atom. The van der Waals surface area contributed by atoms with Crippen molar-refractivity contribution in [2.24, 2.45) is 5.92 Å². The number of nitrogens with zero attached hydrogens (tertiary/aromatic N) is 2. The molecule has 4 rings (SSSR count). The Kier molecular flexibility index (Phi) is 8.13. The van der Waals surface area contributed by atoms with Crippen molar-refractivity contribution in [3.8, 4) is 0 Å². The molecule has 2 N–H and O–H groups in total. The highest BCUT2D eigenvalue weighted by Crippen LogP contribution is 2.29. The highest BCUT2D eigenvalue weighted by Gasteiger charge is 2.40. The van der Waals surface area contributed by atoms with E-state index in [9.17, 15) is 9.59 Å². The summed E-state index contributed by atoms with van der Waals surface area (Å²) in [4.78, 5) is 30.2. The van der Waals surface area contributed by atoms with Crippen LogP contribution in [0, 0.1) is 12.8 Å². The number of likely N-dealkylation sites (tertiary alicyclic amines) is 1. The number of hydrogen-bond donors (Lipinski definition) is 2. The summed E-state index contributed by atoms with van der Waals surface area (Å²) in [6.07, 6.45) is 4.03. The van der Waals surface area contributed by atoms with Crippen molar-refractivity contribution >= 4 is 36.6 Å². The van der Waals surface area contributed by atoms with Gasteiger partial charge in [-0.05, 0) is 74.5 Å². The van der Waals surface area contributed by atoms with Crippen molar-refractivity contribution in [3.63, 3.8) is 0 Å². The van der Waals surface area contributed by atoms with E-state index >= 15 is 0 Å². The second-order valence-corrected chi connectivity index (χ2v) is 10.1. The molecule has 0 bridgehead atoms. The van der Waals surface area contributed by atoms with Gasteiger partial charge in [-0.15, -0.1) is 0 Å². The number of rotatable bonds is 9. The van der Waals surface area contributed by atoms with Crippen LogP contribution >= 0.6 is 0 Å². The molecule has 2 aliphatic rings. The first-order chi connectivity index (χ1) is 16.8. The van der Waals surface area contributed by atoms with E-state index in [0.29, 0.717) is 18.7 Å². The first-order valence-corrected chi connectivity index (χ1v) is 12.6. The number of ether oxygens (including phenoxy) is 1. The first kappa shape index (κ1) is 25.3. The SMILES string of the molecule is Bc1ccc(NC(=O)N2CC(OC)C[C@@H]2C(=O)Nc2ccc(CCN(C)CC3CC3)c(C)c2)cc1. The van der Waals surface area contributed by atoms with Crippen molar-refractivity contribution in [2.75, 3.05) is 44.4 Å². The van der Waals surface area contributed by atoms with E-state index in [2.05, 4.69) is 35.6 Å². The predicted octanol–water partition coefficient (Wildman–Crippen LogP) is 2.40. The van der Waals surface area contributed by atoms with Crippen LogP contribution in [0.2, 0.25) is 0 Å². The van der Waals surface area contributed by atoms with Crippen molar-refractivity contribution < 1.29 is 14.3 Å². The van der Waals surface area contributed by atoms with Gasteiger partial charge in [0.05, 0.1) is 6.10 Å². The van der Waals surface area contributed by atoms with Gasteiger partial charge in [-0.2, -0.15) is 0 Å². The van der Waals surface area contributed by atoms with Gasteiger partial charge in [-0.25, -0.2) is 4.79 Å². The van der Waals surface area contributed by atoms with Crippen LogP contribution in [0.15, 0.2) is 42.5 Å². The molecule has 186 valence electrons. The number of carbonyl (C=O) groups excluding carboxylic acids is 2. The minimum Gasteiger partial charge on any atom is -0.380 e. The summed E-state index contributed by atoms with van der Waals surface area (Å²) in [6, 6.07) is 12.8. The van der Waals surface area contributed by atoms with Gasteiger partial charge in [0.1, 0.15) is 13.9 Å². The summed E-state index contributed by atoms with van der Waals surface area (Å²) >= 11 is 0. The fraction of sp³-hybridized carbons (Fsp3) is 0.481. The molecule has 2 aromatic carbocycles.